The maximum absolute atomic E-state index is 12.7. The van der Waals surface area contributed by atoms with Crippen LogP contribution in [0.1, 0.15) is 35.2 Å². The molecule has 2 aromatic carbocycles. The zero-order chi connectivity index (χ0) is 20.8. The van der Waals surface area contributed by atoms with Crippen LogP contribution in [0.3, 0.4) is 0 Å². The monoisotopic (exact) mass is 399 g/mol. The number of nitrogens with zero attached hydrogens (tertiary/aromatic N) is 2. The minimum absolute atomic E-state index is 0.0926. The molecular weight excluding hydrogens is 374 g/mol. The third kappa shape index (κ3) is 5.03. The number of nitro groups is 1. The molecule has 1 aliphatic rings. The molecule has 0 aliphatic carbocycles. The first kappa shape index (κ1) is 20.6. The van der Waals surface area contributed by atoms with Crippen molar-refractivity contribution in [3.63, 3.8) is 0 Å². The summed E-state index contributed by atoms with van der Waals surface area (Å²) in [7, 11) is 2.79. The lowest BCUT2D eigenvalue weighted by Gasteiger charge is -2.26. The fourth-order valence-electron chi connectivity index (χ4n) is 3.47. The highest BCUT2D eigenvalue weighted by atomic mass is 16.6. The molecular formula is C21H25N3O5. The van der Waals surface area contributed by atoms with Crippen molar-refractivity contribution in [1.82, 2.24) is 4.90 Å². The quantitative estimate of drug-likeness (QED) is 0.561. The van der Waals surface area contributed by atoms with Crippen LogP contribution in [0.2, 0.25) is 0 Å². The van der Waals surface area contributed by atoms with Crippen LogP contribution in [-0.2, 0) is 6.54 Å². The van der Waals surface area contributed by atoms with Crippen LogP contribution in [0.4, 0.5) is 11.4 Å². The molecule has 0 radical (unpaired) electrons. The molecule has 8 heteroatoms. The van der Waals surface area contributed by atoms with E-state index in [1.54, 1.807) is 0 Å². The van der Waals surface area contributed by atoms with E-state index in [1.165, 1.54) is 51.2 Å². The van der Waals surface area contributed by atoms with Gasteiger partial charge in [0, 0.05) is 18.3 Å². The van der Waals surface area contributed by atoms with Gasteiger partial charge in [0.2, 0.25) is 0 Å². The van der Waals surface area contributed by atoms with Crippen molar-refractivity contribution in [3.05, 3.63) is 57.6 Å². The topological polar surface area (TPSA) is 93.9 Å². The van der Waals surface area contributed by atoms with Gasteiger partial charge in [0.05, 0.1) is 25.2 Å². The van der Waals surface area contributed by atoms with Crippen molar-refractivity contribution in [2.75, 3.05) is 32.6 Å². The minimum atomic E-state index is -0.613. The van der Waals surface area contributed by atoms with Gasteiger partial charge in [-0.15, -0.1) is 0 Å². The molecule has 1 saturated heterocycles. The van der Waals surface area contributed by atoms with Gasteiger partial charge in [0.25, 0.3) is 11.6 Å². The highest BCUT2D eigenvalue weighted by Crippen LogP contribution is 2.34. The first-order valence-electron chi connectivity index (χ1n) is 9.55. The molecule has 0 bridgehead atoms. The number of likely N-dealkylation sites (tertiary alicyclic amines) is 1. The average Bonchev–Trinajstić information content (AvgIpc) is 2.74. The van der Waals surface area contributed by atoms with E-state index in [1.807, 2.05) is 24.3 Å². The van der Waals surface area contributed by atoms with Crippen LogP contribution < -0.4 is 14.8 Å². The van der Waals surface area contributed by atoms with Crippen molar-refractivity contribution in [2.45, 2.75) is 25.8 Å². The normalized spacial score (nSPS) is 14.3. The standard InChI is InChI=1S/C21H25N3O5/c1-28-19-12-17(18(24(26)27)13-20(19)29-2)21(25)22-16-8-6-15(7-9-16)14-23-10-4-3-5-11-23/h6-9,12-13H,3-5,10-11,14H2,1-2H3,(H,22,25). The van der Waals surface area contributed by atoms with Crippen LogP contribution >= 0.6 is 0 Å². The third-order valence-corrected chi connectivity index (χ3v) is 5.01. The molecule has 1 heterocycles. The lowest BCUT2D eigenvalue weighted by molar-refractivity contribution is -0.385. The van der Waals surface area contributed by atoms with E-state index in [0.717, 1.165) is 19.6 Å². The molecule has 8 nitrogen and oxygen atoms in total. The summed E-state index contributed by atoms with van der Waals surface area (Å²) < 4.78 is 10.3. The van der Waals surface area contributed by atoms with Gasteiger partial charge in [0.1, 0.15) is 5.56 Å². The summed E-state index contributed by atoms with van der Waals surface area (Å²) in [5.41, 5.74) is 1.30. The highest BCUT2D eigenvalue weighted by molar-refractivity contribution is 6.07. The summed E-state index contributed by atoms with van der Waals surface area (Å²) in [6.07, 6.45) is 3.76. The lowest BCUT2D eigenvalue weighted by Crippen LogP contribution is -2.29. The number of nitro benzene ring substituents is 1. The van der Waals surface area contributed by atoms with Crippen molar-refractivity contribution in [2.24, 2.45) is 0 Å². The van der Waals surface area contributed by atoms with Crippen LogP contribution in [-0.4, -0.2) is 43.0 Å². The molecule has 29 heavy (non-hydrogen) atoms. The van der Waals surface area contributed by atoms with Gasteiger partial charge in [-0.3, -0.25) is 19.8 Å². The van der Waals surface area contributed by atoms with Crippen LogP contribution in [0.25, 0.3) is 0 Å². The molecule has 0 atom stereocenters. The van der Waals surface area contributed by atoms with Gasteiger partial charge in [-0.2, -0.15) is 0 Å². The summed E-state index contributed by atoms with van der Waals surface area (Å²) in [6, 6.07) is 10.1. The smallest absolute Gasteiger partial charge is 0.286 e. The van der Waals surface area contributed by atoms with E-state index in [9.17, 15) is 14.9 Å². The number of methoxy groups -OCH3 is 2. The van der Waals surface area contributed by atoms with Crippen LogP contribution in [0, 0.1) is 10.1 Å². The molecule has 0 aromatic heterocycles. The average molecular weight is 399 g/mol. The number of anilines is 1. The minimum Gasteiger partial charge on any atom is -0.493 e. The second kappa shape index (κ2) is 9.38. The molecule has 0 saturated carbocycles. The molecule has 3 rings (SSSR count). The van der Waals surface area contributed by atoms with Gasteiger partial charge in [-0.05, 0) is 43.6 Å². The molecule has 1 aliphatic heterocycles. The first-order valence-corrected chi connectivity index (χ1v) is 9.55. The molecule has 2 aromatic rings. The van der Waals surface area contributed by atoms with Crippen molar-refractivity contribution < 1.29 is 19.2 Å². The number of carbonyl (C=O) groups excluding carboxylic acids is 1. The van der Waals surface area contributed by atoms with E-state index < -0.39 is 10.8 Å². The number of hydrogen-bond donors (Lipinski definition) is 1. The Morgan fingerprint density at radius 2 is 1.69 bits per heavy atom. The largest absolute Gasteiger partial charge is 0.493 e. The Labute approximate surface area is 169 Å². The number of benzene rings is 2. The zero-order valence-electron chi connectivity index (χ0n) is 16.6. The molecule has 0 unspecified atom stereocenters. The van der Waals surface area contributed by atoms with Gasteiger partial charge < -0.3 is 14.8 Å². The Bertz CT molecular complexity index is 877. The summed E-state index contributed by atoms with van der Waals surface area (Å²) in [5.74, 6) is -0.139. The summed E-state index contributed by atoms with van der Waals surface area (Å²) in [4.78, 5) is 25.9. The predicted octanol–water partition coefficient (Wildman–Crippen LogP) is 3.85. The first-order chi connectivity index (χ1) is 14.0. The molecule has 1 amide bonds. The highest BCUT2D eigenvalue weighted by Gasteiger charge is 2.24. The van der Waals surface area contributed by atoms with Crippen LogP contribution in [0.15, 0.2) is 36.4 Å². The van der Waals surface area contributed by atoms with E-state index in [4.69, 9.17) is 9.47 Å². The Morgan fingerprint density at radius 1 is 1.07 bits per heavy atom. The second-order valence-electron chi connectivity index (χ2n) is 6.97. The maximum atomic E-state index is 12.7. The van der Waals surface area contributed by atoms with Gasteiger partial charge in [0.15, 0.2) is 11.5 Å². The number of amides is 1. The van der Waals surface area contributed by atoms with E-state index in [-0.39, 0.29) is 22.7 Å². The number of piperidine rings is 1. The van der Waals surface area contributed by atoms with E-state index in [0.29, 0.717) is 5.69 Å². The number of rotatable bonds is 7. The van der Waals surface area contributed by atoms with Crippen molar-refractivity contribution in [1.29, 1.82) is 0 Å². The van der Waals surface area contributed by atoms with E-state index >= 15 is 0 Å². The summed E-state index contributed by atoms with van der Waals surface area (Å²) in [6.45, 7) is 3.11. The summed E-state index contributed by atoms with van der Waals surface area (Å²) in [5, 5.41) is 14.1. The Morgan fingerprint density at radius 3 is 2.28 bits per heavy atom. The van der Waals surface area contributed by atoms with Gasteiger partial charge in [-0.1, -0.05) is 18.6 Å². The SMILES string of the molecule is COc1cc(C(=O)Nc2ccc(CN3CCCCC3)cc2)c([N+](=O)[O-])cc1OC. The molecule has 1 N–H and O–H groups in total. The van der Waals surface area contributed by atoms with Crippen LogP contribution in [0.5, 0.6) is 11.5 Å². The fourth-order valence-corrected chi connectivity index (χ4v) is 3.47. The second-order valence-corrected chi connectivity index (χ2v) is 6.97. The van der Waals surface area contributed by atoms with Gasteiger partial charge >= 0.3 is 0 Å². The van der Waals surface area contributed by atoms with Gasteiger partial charge in [-0.25, -0.2) is 0 Å². The lowest BCUT2D eigenvalue weighted by atomic mass is 10.1. The third-order valence-electron chi connectivity index (χ3n) is 5.01. The van der Waals surface area contributed by atoms with Crippen molar-refractivity contribution in [3.8, 4) is 11.5 Å². The Balaban J connectivity index is 1.74. The molecule has 154 valence electrons. The summed E-state index contributed by atoms with van der Waals surface area (Å²) >= 11 is 0. The Hall–Kier alpha value is -3.13. The van der Waals surface area contributed by atoms with E-state index in [2.05, 4.69) is 10.2 Å². The number of carbonyl (C=O) groups is 1. The van der Waals surface area contributed by atoms with Crippen molar-refractivity contribution >= 4 is 17.3 Å². The maximum Gasteiger partial charge on any atom is 0.286 e. The molecule has 1 fully saturated rings. The Kier molecular flexibility index (Phi) is 6.66. The number of ether oxygens (including phenoxy) is 2. The number of hydrogen-bond acceptors (Lipinski definition) is 6. The molecule has 0 spiro atoms. The number of nitrogens with one attached hydrogen (secondary N) is 1. The zero-order valence-corrected chi connectivity index (χ0v) is 16.6. The fraction of sp³-hybridized carbons (Fsp3) is 0.381. The predicted molar refractivity (Wildman–Crippen MR) is 110 cm³/mol.